The largest absolute Gasteiger partial charge is 0.431 e. The molecule has 0 radical (unpaired) electrons. The maximum atomic E-state index is 9.53. The molecule has 7 heteroatoms. The second-order valence-corrected chi connectivity index (χ2v) is 11.4. The van der Waals surface area contributed by atoms with Crippen molar-refractivity contribution >= 4 is 11.8 Å². The minimum Gasteiger partial charge on any atom is -0.431 e. The fourth-order valence-corrected chi connectivity index (χ4v) is 6.20. The van der Waals surface area contributed by atoms with E-state index < -0.39 is 6.29 Å². The standard InChI is InChI=1S/C35H34N2O4S/c1-23-30(22-42-35-37-31(26-8-4-2-5-9-26)33(41-35)27-10-6-3-7-11-27)39-34(29-18-12-24(20-36)13-19-29)40-32(23)28-16-14-25(21-38)15-17-28/h2-19,23,30,32,34,38H,20-22,36H2,1H3/t23-,30+,32+,34+/m1/s1. The molecule has 0 saturated carbocycles. The molecular weight excluding hydrogens is 544 g/mol. The Balaban J connectivity index is 1.28. The molecule has 42 heavy (non-hydrogen) atoms. The number of aromatic nitrogens is 1. The number of hydrogen-bond donors (Lipinski definition) is 2. The summed E-state index contributed by atoms with van der Waals surface area (Å²) in [6.45, 7) is 2.64. The molecule has 1 aromatic heterocycles. The fourth-order valence-electron chi connectivity index (χ4n) is 5.21. The van der Waals surface area contributed by atoms with Crippen LogP contribution >= 0.6 is 11.8 Å². The molecule has 0 spiro atoms. The fraction of sp³-hybridized carbons (Fsp3) is 0.229. The Morgan fingerprint density at radius 3 is 2.02 bits per heavy atom. The molecule has 0 unspecified atom stereocenters. The average molecular weight is 579 g/mol. The average Bonchev–Trinajstić information content (AvgIpc) is 3.50. The second-order valence-electron chi connectivity index (χ2n) is 10.5. The summed E-state index contributed by atoms with van der Waals surface area (Å²) in [5.41, 5.74) is 12.6. The molecule has 0 bridgehead atoms. The van der Waals surface area contributed by atoms with Gasteiger partial charge in [-0.3, -0.25) is 0 Å². The van der Waals surface area contributed by atoms with Gasteiger partial charge in [0.1, 0.15) is 5.69 Å². The van der Waals surface area contributed by atoms with Crippen molar-refractivity contribution in [1.82, 2.24) is 4.98 Å². The highest BCUT2D eigenvalue weighted by molar-refractivity contribution is 7.99. The Morgan fingerprint density at radius 2 is 1.38 bits per heavy atom. The Hall–Kier alpha value is -3.72. The lowest BCUT2D eigenvalue weighted by Gasteiger charge is -2.41. The number of benzene rings is 4. The topological polar surface area (TPSA) is 90.7 Å². The number of nitrogens with zero attached hydrogens (tertiary/aromatic N) is 1. The number of oxazole rings is 1. The highest BCUT2D eigenvalue weighted by Gasteiger charge is 2.38. The summed E-state index contributed by atoms with van der Waals surface area (Å²) < 4.78 is 19.6. The number of aliphatic hydroxyl groups is 1. The molecule has 0 amide bonds. The van der Waals surface area contributed by atoms with E-state index in [1.54, 1.807) is 11.8 Å². The normalized spacial score (nSPS) is 20.5. The third-order valence-electron chi connectivity index (χ3n) is 7.67. The number of aliphatic hydroxyl groups excluding tert-OH is 1. The van der Waals surface area contributed by atoms with Crippen molar-refractivity contribution in [3.05, 3.63) is 131 Å². The molecule has 4 atom stereocenters. The number of hydrogen-bond acceptors (Lipinski definition) is 7. The first-order valence-electron chi connectivity index (χ1n) is 14.2. The Labute approximate surface area is 250 Å². The molecule has 2 heterocycles. The maximum absolute atomic E-state index is 9.53. The first-order valence-corrected chi connectivity index (χ1v) is 15.2. The predicted molar refractivity (Wildman–Crippen MR) is 165 cm³/mol. The van der Waals surface area contributed by atoms with E-state index in [2.05, 4.69) is 19.1 Å². The van der Waals surface area contributed by atoms with Crippen LogP contribution in [-0.4, -0.2) is 21.9 Å². The van der Waals surface area contributed by atoms with Gasteiger partial charge < -0.3 is 24.7 Å². The number of thioether (sulfide) groups is 1. The van der Waals surface area contributed by atoms with Crippen molar-refractivity contribution in [3.63, 3.8) is 0 Å². The van der Waals surface area contributed by atoms with Crippen LogP contribution in [0, 0.1) is 5.92 Å². The van der Waals surface area contributed by atoms with Crippen molar-refractivity contribution in [2.24, 2.45) is 11.7 Å². The first-order chi connectivity index (χ1) is 20.6. The van der Waals surface area contributed by atoms with Crippen molar-refractivity contribution in [1.29, 1.82) is 0 Å². The highest BCUT2D eigenvalue weighted by atomic mass is 32.2. The van der Waals surface area contributed by atoms with Crippen LogP contribution in [0.3, 0.4) is 0 Å². The Kier molecular flexibility index (Phi) is 8.84. The SMILES string of the molecule is C[C@@H]1[C@H](CSc2nc(-c3ccccc3)c(-c3ccccc3)o2)O[C@H](c2ccc(CN)cc2)O[C@@H]1c1ccc(CO)cc1. The maximum Gasteiger partial charge on any atom is 0.256 e. The van der Waals surface area contributed by atoms with Gasteiger partial charge in [-0.25, -0.2) is 4.98 Å². The first kappa shape index (κ1) is 28.4. The van der Waals surface area contributed by atoms with E-state index >= 15 is 0 Å². The molecule has 1 aliphatic heterocycles. The molecule has 1 saturated heterocycles. The van der Waals surface area contributed by atoms with Crippen LogP contribution in [0.2, 0.25) is 0 Å². The van der Waals surface area contributed by atoms with Crippen LogP contribution in [0.25, 0.3) is 22.6 Å². The third kappa shape index (κ3) is 6.21. The molecular formula is C35H34N2O4S. The summed E-state index contributed by atoms with van der Waals surface area (Å²) in [5.74, 6) is 1.44. The molecule has 214 valence electrons. The van der Waals surface area contributed by atoms with Gasteiger partial charge in [-0.2, -0.15) is 0 Å². The van der Waals surface area contributed by atoms with Gasteiger partial charge in [0.2, 0.25) is 0 Å². The lowest BCUT2D eigenvalue weighted by molar-refractivity contribution is -0.268. The van der Waals surface area contributed by atoms with Crippen molar-refractivity contribution in [3.8, 4) is 22.6 Å². The van der Waals surface area contributed by atoms with Crippen LogP contribution in [0.15, 0.2) is 119 Å². The van der Waals surface area contributed by atoms with Crippen LogP contribution in [0.1, 0.15) is 41.6 Å². The molecule has 4 aromatic carbocycles. The lowest BCUT2D eigenvalue weighted by atomic mass is 9.91. The summed E-state index contributed by atoms with van der Waals surface area (Å²) in [5, 5.41) is 10.1. The van der Waals surface area contributed by atoms with E-state index in [0.29, 0.717) is 17.5 Å². The minimum atomic E-state index is -0.537. The number of nitrogens with two attached hydrogens (primary N) is 1. The van der Waals surface area contributed by atoms with Crippen LogP contribution < -0.4 is 5.73 Å². The molecule has 3 N–H and O–H groups in total. The van der Waals surface area contributed by atoms with Gasteiger partial charge in [-0.1, -0.05) is 128 Å². The molecule has 1 fully saturated rings. The molecule has 1 aliphatic rings. The number of ether oxygens (including phenoxy) is 2. The zero-order chi connectivity index (χ0) is 28.9. The van der Waals surface area contributed by atoms with Gasteiger partial charge in [0.15, 0.2) is 12.1 Å². The van der Waals surface area contributed by atoms with Crippen LogP contribution in [0.5, 0.6) is 0 Å². The van der Waals surface area contributed by atoms with Crippen molar-refractivity contribution < 1.29 is 19.0 Å². The van der Waals surface area contributed by atoms with Gasteiger partial charge in [0, 0.05) is 34.9 Å². The lowest BCUT2D eigenvalue weighted by Crippen LogP contribution is -2.38. The van der Waals surface area contributed by atoms with Gasteiger partial charge in [-0.05, 0) is 16.7 Å². The third-order valence-corrected chi connectivity index (χ3v) is 8.59. The summed E-state index contributed by atoms with van der Waals surface area (Å²) in [6.07, 6.45) is -0.872. The van der Waals surface area contributed by atoms with E-state index in [0.717, 1.165) is 44.8 Å². The van der Waals surface area contributed by atoms with Gasteiger partial charge >= 0.3 is 0 Å². The minimum absolute atomic E-state index is 0.00589. The monoisotopic (exact) mass is 578 g/mol. The van der Waals surface area contributed by atoms with Gasteiger partial charge in [0.25, 0.3) is 5.22 Å². The van der Waals surface area contributed by atoms with Gasteiger partial charge in [-0.15, -0.1) is 0 Å². The molecule has 6 rings (SSSR count). The van der Waals surface area contributed by atoms with E-state index in [-0.39, 0.29) is 24.7 Å². The zero-order valence-corrected chi connectivity index (χ0v) is 24.2. The summed E-state index contributed by atoms with van der Waals surface area (Å²) in [6, 6.07) is 36.2. The summed E-state index contributed by atoms with van der Waals surface area (Å²) in [4.78, 5) is 4.93. The molecule has 6 nitrogen and oxygen atoms in total. The van der Waals surface area contributed by atoms with Crippen LogP contribution in [0.4, 0.5) is 0 Å². The van der Waals surface area contributed by atoms with E-state index in [1.807, 2.05) is 97.1 Å². The smallest absolute Gasteiger partial charge is 0.256 e. The van der Waals surface area contributed by atoms with Crippen LogP contribution in [-0.2, 0) is 22.6 Å². The van der Waals surface area contributed by atoms with Crippen molar-refractivity contribution in [2.75, 3.05) is 5.75 Å². The molecule has 0 aliphatic carbocycles. The van der Waals surface area contributed by atoms with E-state index in [1.165, 1.54) is 0 Å². The molecule has 5 aromatic rings. The summed E-state index contributed by atoms with van der Waals surface area (Å²) in [7, 11) is 0. The van der Waals surface area contributed by atoms with E-state index in [9.17, 15) is 5.11 Å². The van der Waals surface area contributed by atoms with E-state index in [4.69, 9.17) is 24.6 Å². The number of rotatable bonds is 9. The van der Waals surface area contributed by atoms with Gasteiger partial charge in [0.05, 0.1) is 18.8 Å². The highest BCUT2D eigenvalue weighted by Crippen LogP contribution is 2.44. The Bertz CT molecular complexity index is 1520. The second kappa shape index (κ2) is 13.1. The Morgan fingerprint density at radius 1 is 0.762 bits per heavy atom. The summed E-state index contributed by atoms with van der Waals surface area (Å²) >= 11 is 1.55. The quantitative estimate of drug-likeness (QED) is 0.175. The predicted octanol–water partition coefficient (Wildman–Crippen LogP) is 7.54. The zero-order valence-electron chi connectivity index (χ0n) is 23.4. The van der Waals surface area contributed by atoms with Crippen molar-refractivity contribution in [2.45, 2.75) is 43.8 Å².